The monoisotopic (exact) mass is 894 g/mol. The van der Waals surface area contributed by atoms with E-state index in [-0.39, 0.29) is 19.1 Å². The maximum absolute atomic E-state index is 13.1. The summed E-state index contributed by atoms with van der Waals surface area (Å²) < 4.78 is 33.0. The number of amides is 3. The number of nitrogens with two attached hydrogens (primary N) is 2. The summed E-state index contributed by atoms with van der Waals surface area (Å²) in [5.41, 5.74) is 15.2. The summed E-state index contributed by atoms with van der Waals surface area (Å²) in [5, 5.41) is 5.10. The molecule has 4 unspecified atom stereocenters. The maximum atomic E-state index is 13.1. The number of carbonyl (C=O) groups excluding carboxylic acids is 3. The summed E-state index contributed by atoms with van der Waals surface area (Å²) in [6, 6.07) is 6.58. The van der Waals surface area contributed by atoms with Crippen LogP contribution in [-0.4, -0.2) is 119 Å². The minimum Gasteiger partial charge on any atom is -0.475 e. The Morgan fingerprint density at radius 1 is 0.938 bits per heavy atom. The fourth-order valence-corrected chi connectivity index (χ4v) is 6.48. The number of aromatic nitrogens is 1. The number of ether oxygens (including phenoxy) is 6. The van der Waals surface area contributed by atoms with Gasteiger partial charge in [-0.3, -0.25) is 14.4 Å². The average molecular weight is 894 g/mol. The molecule has 0 radical (unpaired) electrons. The number of nitrogens with zero attached hydrogens (tertiary/aromatic N) is 2. The van der Waals surface area contributed by atoms with Crippen molar-refractivity contribution < 1.29 is 42.8 Å². The van der Waals surface area contributed by atoms with Gasteiger partial charge in [-0.1, -0.05) is 97.4 Å². The quantitative estimate of drug-likeness (QED) is 0.0774. The first-order valence-corrected chi connectivity index (χ1v) is 22.8. The van der Waals surface area contributed by atoms with Crippen molar-refractivity contribution in [2.24, 2.45) is 23.0 Å². The van der Waals surface area contributed by atoms with Crippen LogP contribution in [0.5, 0.6) is 5.88 Å². The molecule has 2 heterocycles. The third kappa shape index (κ3) is 20.9. The van der Waals surface area contributed by atoms with Crippen LogP contribution < -0.4 is 32.0 Å². The van der Waals surface area contributed by atoms with Gasteiger partial charge >= 0.3 is 0 Å². The van der Waals surface area contributed by atoms with Gasteiger partial charge in [0.25, 0.3) is 0 Å². The lowest BCUT2D eigenvalue weighted by Gasteiger charge is -2.35. The molecule has 14 heteroatoms. The van der Waals surface area contributed by atoms with Gasteiger partial charge in [0.2, 0.25) is 23.6 Å². The van der Waals surface area contributed by atoms with Gasteiger partial charge in [-0.15, -0.1) is 0 Å². The van der Waals surface area contributed by atoms with Crippen LogP contribution in [0.2, 0.25) is 0 Å². The van der Waals surface area contributed by atoms with E-state index in [4.69, 9.17) is 39.9 Å². The third-order valence-corrected chi connectivity index (χ3v) is 10.8. The van der Waals surface area contributed by atoms with Crippen LogP contribution in [-0.2, 0) is 38.1 Å². The van der Waals surface area contributed by atoms with Crippen molar-refractivity contribution in [3.63, 3.8) is 0 Å². The molecule has 14 nitrogen and oxygen atoms in total. The number of nitrogen functional groups attached to an aromatic ring is 1. The van der Waals surface area contributed by atoms with E-state index in [0.717, 1.165) is 40.4 Å². The Balaban J connectivity index is 0.000000616. The van der Waals surface area contributed by atoms with Gasteiger partial charge < -0.3 is 50.1 Å². The first kappa shape index (κ1) is 55.5. The Morgan fingerprint density at radius 2 is 1.53 bits per heavy atom. The van der Waals surface area contributed by atoms with Crippen molar-refractivity contribution in [3.05, 3.63) is 70.3 Å². The summed E-state index contributed by atoms with van der Waals surface area (Å²) in [5.74, 6) is 0.373. The van der Waals surface area contributed by atoms with Gasteiger partial charge in [0.05, 0.1) is 59.5 Å². The molecule has 0 spiro atoms. The van der Waals surface area contributed by atoms with Crippen LogP contribution in [0.3, 0.4) is 0 Å². The number of nitrogens with one attached hydrogen (secondary N) is 1. The molecule has 1 aromatic heterocycles. The number of anilines is 1. The van der Waals surface area contributed by atoms with Gasteiger partial charge in [0.15, 0.2) is 0 Å². The van der Waals surface area contributed by atoms with Gasteiger partial charge in [-0.25, -0.2) is 4.98 Å². The number of aryl methyl sites for hydroxylation is 1. The fraction of sp³-hybridized carbons (Fsp3) is 0.600. The number of rotatable bonds is 27. The highest BCUT2D eigenvalue weighted by molar-refractivity contribution is 5.92. The second-order valence-electron chi connectivity index (χ2n) is 17.1. The zero-order valence-corrected chi connectivity index (χ0v) is 40.2. The summed E-state index contributed by atoms with van der Waals surface area (Å²) >= 11 is 0. The first-order chi connectivity index (χ1) is 30.5. The molecule has 358 valence electrons. The molecule has 1 aliphatic heterocycles. The minimum atomic E-state index is -0.808. The number of primary amides is 1. The number of carbonyl (C=O) groups is 3. The number of hydrogen-bond donors (Lipinski definition) is 3. The molecule has 0 saturated carbocycles. The second-order valence-corrected chi connectivity index (χ2v) is 17.1. The molecule has 3 rings (SSSR count). The lowest BCUT2D eigenvalue weighted by atomic mass is 9.85. The predicted octanol–water partition coefficient (Wildman–Crippen LogP) is 5.37. The van der Waals surface area contributed by atoms with Crippen molar-refractivity contribution in [1.29, 1.82) is 0 Å². The molecule has 2 aromatic rings. The van der Waals surface area contributed by atoms with Crippen molar-refractivity contribution >= 4 is 41.6 Å². The number of benzene rings is 1. The number of allylic oxidation sites excluding steroid dienone is 2. The summed E-state index contributed by atoms with van der Waals surface area (Å²) in [6.07, 6.45) is 13.7. The van der Waals surface area contributed by atoms with E-state index in [1.807, 2.05) is 65.0 Å². The number of pyridine rings is 1. The van der Waals surface area contributed by atoms with Gasteiger partial charge in [-0.05, 0) is 78.8 Å². The van der Waals surface area contributed by atoms with Gasteiger partial charge in [0, 0.05) is 29.7 Å². The predicted molar refractivity (Wildman–Crippen MR) is 256 cm³/mol. The standard InChI is InChI=1S/C32H52N4O9.C18H27N/c1-6-8-25-21-28(34-22-24(25)2)45-20-19-43-16-15-41-12-11-40-13-14-42-17-18-44-23-27(37)35-29(32(3,4)5)31(39)36-10-7-9-26(36)30(33)38;1-6-13(3)11-16-9-8-10-18(19)17(16)12-15(5)14(4)7-2/h6,8,21-22,26,29H,7,9-20,23H2,1-5H3,(H2,33,38)(H,35,37);8-14H,5-7,19H2,1-4H3/b8-6-;16-11-,17-12+. The largest absolute Gasteiger partial charge is 0.475 e. The molecule has 3 amide bonds. The topological polar surface area (TPSA) is 187 Å². The smallest absolute Gasteiger partial charge is 0.246 e. The molecule has 1 aliphatic rings. The van der Waals surface area contributed by atoms with Crippen LogP contribution in [0.25, 0.3) is 18.2 Å². The van der Waals surface area contributed by atoms with Crippen molar-refractivity contribution in [2.75, 3.05) is 85.0 Å². The second kappa shape index (κ2) is 30.5. The molecule has 0 aliphatic carbocycles. The Morgan fingerprint density at radius 3 is 2.08 bits per heavy atom. The minimum absolute atomic E-state index is 0.213. The van der Waals surface area contributed by atoms with Crippen molar-refractivity contribution in [3.8, 4) is 5.88 Å². The van der Waals surface area contributed by atoms with Crippen LogP contribution >= 0.6 is 0 Å². The summed E-state index contributed by atoms with van der Waals surface area (Å²) in [7, 11) is 0. The van der Waals surface area contributed by atoms with Crippen LogP contribution in [0.15, 0.2) is 48.7 Å². The number of likely N-dealkylation sites (tertiary alicyclic amines) is 1. The van der Waals surface area contributed by atoms with Crippen LogP contribution in [0, 0.1) is 24.2 Å². The van der Waals surface area contributed by atoms with E-state index in [1.54, 1.807) is 6.20 Å². The van der Waals surface area contributed by atoms with Crippen molar-refractivity contribution in [2.45, 2.75) is 100 Å². The lowest BCUT2D eigenvalue weighted by Crippen LogP contribution is -2.57. The Hall–Kier alpha value is -4.60. The lowest BCUT2D eigenvalue weighted by molar-refractivity contribution is -0.144. The number of hydrogen-bond acceptors (Lipinski definition) is 11. The normalized spacial score (nSPS) is 16.0. The van der Waals surface area contributed by atoms with E-state index < -0.39 is 29.3 Å². The Labute approximate surface area is 382 Å². The maximum Gasteiger partial charge on any atom is 0.246 e. The van der Waals surface area contributed by atoms with E-state index in [0.29, 0.717) is 96.6 Å². The third-order valence-electron chi connectivity index (χ3n) is 10.8. The van der Waals surface area contributed by atoms with Gasteiger partial charge in [-0.2, -0.15) is 0 Å². The molecule has 1 saturated heterocycles. The van der Waals surface area contributed by atoms with E-state index in [1.165, 1.54) is 10.1 Å². The molecule has 1 fully saturated rings. The molecule has 1 aromatic carbocycles. The van der Waals surface area contributed by atoms with Crippen LogP contribution in [0.1, 0.15) is 92.2 Å². The van der Waals surface area contributed by atoms with E-state index >= 15 is 0 Å². The molecule has 0 bridgehead atoms. The SMILES string of the molecule is C/C=C\c1cc(OCCOCCOCCOCCOCCOCC(=O)NC(C(=O)N2CCCC2C(N)=O)C(C)(C)C)ncc1C.C=C(/C=c1/c(N)ccc/c1=C/C(C)CC)C(C)CC. The highest BCUT2D eigenvalue weighted by atomic mass is 16.6. The fourth-order valence-electron chi connectivity index (χ4n) is 6.48. The Kier molecular flexibility index (Phi) is 26.5. The molecule has 64 heavy (non-hydrogen) atoms. The highest BCUT2D eigenvalue weighted by Gasteiger charge is 2.41. The average Bonchev–Trinajstić information content (AvgIpc) is 3.76. The van der Waals surface area contributed by atoms with E-state index in [2.05, 4.69) is 62.8 Å². The summed E-state index contributed by atoms with van der Waals surface area (Å²) in [6.45, 7) is 26.7. The highest BCUT2D eigenvalue weighted by Crippen LogP contribution is 2.26. The Bertz CT molecular complexity index is 1880. The van der Waals surface area contributed by atoms with E-state index in [9.17, 15) is 14.4 Å². The first-order valence-electron chi connectivity index (χ1n) is 22.8. The van der Waals surface area contributed by atoms with Crippen molar-refractivity contribution in [1.82, 2.24) is 15.2 Å². The zero-order valence-electron chi connectivity index (χ0n) is 40.2. The molecule has 4 atom stereocenters. The van der Waals surface area contributed by atoms with Crippen LogP contribution in [0.4, 0.5) is 5.69 Å². The molecular weight excluding hydrogens is 815 g/mol. The van der Waals surface area contributed by atoms with Gasteiger partial charge in [0.1, 0.15) is 25.3 Å². The molecular formula is C50H79N5O9. The molecule has 5 N–H and O–H groups in total. The zero-order chi connectivity index (χ0) is 47.5. The summed E-state index contributed by atoms with van der Waals surface area (Å²) in [4.78, 5) is 43.1.